The van der Waals surface area contributed by atoms with E-state index in [2.05, 4.69) is 16.9 Å². The third kappa shape index (κ3) is 6.97. The Balaban J connectivity index is 1.49. The van der Waals surface area contributed by atoms with Crippen molar-refractivity contribution in [1.29, 1.82) is 0 Å². The zero-order chi connectivity index (χ0) is 33.9. The number of allylic oxidation sites excluding steroid dienone is 2. The predicted octanol–water partition coefficient (Wildman–Crippen LogP) is 7.11. The monoisotopic (exact) mass is 650 g/mol. The lowest BCUT2D eigenvalue weighted by atomic mass is 9.68. The van der Waals surface area contributed by atoms with E-state index >= 15 is 0 Å². The standard InChI is InChI=1S/C39H42N2O7/c1-25(2)30-16-17-39(24-45-35(42)27-10-6-5-7-11-27)33(47-37(44)29-13-9-19-41-23-29)20-26(3)14-15-32-38(4,48-32)21-31(34(30)39)46-36(43)28-12-8-18-40-22-28/h5-13,18-20,22-23,31-34H,14-17,21,24H2,1-4H3/b26-20+/t31-,32+,33+,34?,38+,39+/m1/s1. The minimum atomic E-state index is -0.985. The second-order valence-corrected chi connectivity index (χ2v) is 13.6. The molecular weight excluding hydrogens is 608 g/mol. The van der Waals surface area contributed by atoms with Gasteiger partial charge in [0, 0.05) is 37.1 Å². The Hall–Kier alpha value is -4.63. The molecular formula is C39H42N2O7. The Bertz CT molecular complexity index is 1700. The molecule has 0 N–H and O–H groups in total. The molecule has 0 radical (unpaired) electrons. The van der Waals surface area contributed by atoms with Crippen LogP contribution in [0.2, 0.25) is 0 Å². The number of ether oxygens (including phenoxy) is 4. The van der Waals surface area contributed by atoms with Gasteiger partial charge in [0.15, 0.2) is 0 Å². The van der Waals surface area contributed by atoms with Crippen molar-refractivity contribution in [3.63, 3.8) is 0 Å². The molecule has 1 unspecified atom stereocenters. The van der Waals surface area contributed by atoms with Crippen molar-refractivity contribution in [2.45, 2.75) is 83.7 Å². The van der Waals surface area contributed by atoms with Gasteiger partial charge in [-0.3, -0.25) is 9.97 Å². The average molecular weight is 651 g/mol. The van der Waals surface area contributed by atoms with Crippen LogP contribution in [0.25, 0.3) is 0 Å². The first-order valence-electron chi connectivity index (χ1n) is 16.6. The number of carbonyl (C=O) groups excluding carboxylic acids is 3. The molecule has 3 aliphatic rings. The fraction of sp³-hybridized carbons (Fsp3) is 0.410. The van der Waals surface area contributed by atoms with Crippen molar-refractivity contribution in [2.24, 2.45) is 11.3 Å². The van der Waals surface area contributed by atoms with Gasteiger partial charge in [0.25, 0.3) is 0 Å². The van der Waals surface area contributed by atoms with E-state index in [-0.39, 0.29) is 12.7 Å². The number of aromatic nitrogens is 2. The van der Waals surface area contributed by atoms with Crippen molar-refractivity contribution in [2.75, 3.05) is 6.61 Å². The zero-order valence-electron chi connectivity index (χ0n) is 27.9. The molecule has 2 aromatic heterocycles. The maximum Gasteiger partial charge on any atom is 0.340 e. The predicted molar refractivity (Wildman–Crippen MR) is 178 cm³/mol. The topological polar surface area (TPSA) is 117 Å². The summed E-state index contributed by atoms with van der Waals surface area (Å²) in [4.78, 5) is 49.3. The Morgan fingerprint density at radius 3 is 2.12 bits per heavy atom. The molecule has 3 heterocycles. The molecule has 6 rings (SSSR count). The average Bonchev–Trinajstić information content (AvgIpc) is 3.57. The molecule has 1 aliphatic heterocycles. The third-order valence-corrected chi connectivity index (χ3v) is 10.1. The summed E-state index contributed by atoms with van der Waals surface area (Å²) in [5.41, 5.74) is 2.75. The Morgan fingerprint density at radius 2 is 1.50 bits per heavy atom. The highest BCUT2D eigenvalue weighted by atomic mass is 16.6. The van der Waals surface area contributed by atoms with Crippen LogP contribution in [0.1, 0.15) is 90.9 Å². The van der Waals surface area contributed by atoms with Crippen LogP contribution in [0.15, 0.2) is 102 Å². The van der Waals surface area contributed by atoms with E-state index in [0.29, 0.717) is 36.0 Å². The molecule has 3 aromatic rings. The Morgan fingerprint density at radius 1 is 0.854 bits per heavy atom. The number of epoxide rings is 1. The van der Waals surface area contributed by atoms with Crippen LogP contribution in [0, 0.1) is 11.3 Å². The van der Waals surface area contributed by atoms with E-state index in [0.717, 1.165) is 29.6 Å². The molecule has 9 nitrogen and oxygen atoms in total. The van der Waals surface area contributed by atoms with E-state index in [1.54, 1.807) is 60.9 Å². The van der Waals surface area contributed by atoms with E-state index in [1.807, 2.05) is 32.9 Å². The molecule has 9 heteroatoms. The number of hydrogen-bond donors (Lipinski definition) is 0. The molecule has 6 atom stereocenters. The lowest BCUT2D eigenvalue weighted by molar-refractivity contribution is -0.0796. The first-order chi connectivity index (χ1) is 23.1. The summed E-state index contributed by atoms with van der Waals surface area (Å²) in [6.07, 6.45) is 9.71. The van der Waals surface area contributed by atoms with E-state index in [9.17, 15) is 14.4 Å². The molecule has 48 heavy (non-hydrogen) atoms. The molecule has 2 fully saturated rings. The highest BCUT2D eigenvalue weighted by Gasteiger charge is 2.61. The summed E-state index contributed by atoms with van der Waals surface area (Å²) < 4.78 is 25.4. The van der Waals surface area contributed by atoms with Gasteiger partial charge in [-0.15, -0.1) is 0 Å². The number of esters is 3. The minimum Gasteiger partial charge on any atom is -0.461 e. The van der Waals surface area contributed by atoms with Crippen molar-refractivity contribution in [3.05, 3.63) is 119 Å². The normalized spacial score (nSPS) is 29.2. The van der Waals surface area contributed by atoms with Gasteiger partial charge < -0.3 is 18.9 Å². The number of pyridine rings is 2. The van der Waals surface area contributed by atoms with Crippen molar-refractivity contribution in [1.82, 2.24) is 9.97 Å². The number of fused-ring (bicyclic) bond motifs is 2. The van der Waals surface area contributed by atoms with Gasteiger partial charge in [-0.2, -0.15) is 0 Å². The number of nitrogens with zero attached hydrogens (tertiary/aromatic N) is 2. The number of rotatable bonds is 7. The number of benzene rings is 1. The summed E-state index contributed by atoms with van der Waals surface area (Å²) >= 11 is 0. The fourth-order valence-corrected chi connectivity index (χ4v) is 7.44. The molecule has 1 saturated heterocycles. The second kappa shape index (κ2) is 13.8. The molecule has 1 saturated carbocycles. The molecule has 0 spiro atoms. The van der Waals surface area contributed by atoms with Gasteiger partial charge in [-0.1, -0.05) is 34.9 Å². The maximum absolute atomic E-state index is 13.8. The Kier molecular flexibility index (Phi) is 9.60. The second-order valence-electron chi connectivity index (χ2n) is 13.6. The first-order valence-corrected chi connectivity index (χ1v) is 16.6. The number of carbonyl (C=O) groups is 3. The summed E-state index contributed by atoms with van der Waals surface area (Å²) in [6, 6.07) is 15.5. The SMILES string of the molecule is CC(C)=C1CC[C@@]2(COC(=O)c3ccccc3)C1[C@H](OC(=O)c1cccnc1)C[C@]1(C)O[C@H]1CC/C(C)=C/[C@@H]2OC(=O)c1cccnc1. The van der Waals surface area contributed by atoms with E-state index in [4.69, 9.17) is 18.9 Å². The van der Waals surface area contributed by atoms with E-state index < -0.39 is 47.0 Å². The van der Waals surface area contributed by atoms with Gasteiger partial charge in [-0.05, 0) is 95.9 Å². The van der Waals surface area contributed by atoms with Gasteiger partial charge in [0.1, 0.15) is 18.8 Å². The molecule has 0 amide bonds. The van der Waals surface area contributed by atoms with Crippen LogP contribution in [-0.4, -0.2) is 58.4 Å². The highest BCUT2D eigenvalue weighted by Crippen LogP contribution is 2.57. The van der Waals surface area contributed by atoms with Crippen molar-refractivity contribution < 1.29 is 33.3 Å². The first kappa shape index (κ1) is 33.3. The zero-order valence-corrected chi connectivity index (χ0v) is 27.9. The van der Waals surface area contributed by atoms with Crippen LogP contribution >= 0.6 is 0 Å². The molecule has 1 aromatic carbocycles. The van der Waals surface area contributed by atoms with Gasteiger partial charge in [-0.25, -0.2) is 14.4 Å². The van der Waals surface area contributed by atoms with Crippen LogP contribution < -0.4 is 0 Å². The largest absolute Gasteiger partial charge is 0.461 e. The van der Waals surface area contributed by atoms with Crippen LogP contribution in [0.4, 0.5) is 0 Å². The van der Waals surface area contributed by atoms with E-state index in [1.165, 1.54) is 12.4 Å². The lowest BCUT2D eigenvalue weighted by Gasteiger charge is -2.43. The van der Waals surface area contributed by atoms with Gasteiger partial charge in [0.05, 0.1) is 33.8 Å². The highest BCUT2D eigenvalue weighted by molar-refractivity contribution is 5.90. The van der Waals surface area contributed by atoms with Gasteiger partial charge in [0.2, 0.25) is 0 Å². The van der Waals surface area contributed by atoms with Gasteiger partial charge >= 0.3 is 17.9 Å². The van der Waals surface area contributed by atoms with Crippen molar-refractivity contribution >= 4 is 17.9 Å². The number of hydrogen-bond acceptors (Lipinski definition) is 9. The summed E-state index contributed by atoms with van der Waals surface area (Å²) in [5.74, 6) is -1.99. The van der Waals surface area contributed by atoms with Crippen molar-refractivity contribution in [3.8, 4) is 0 Å². The summed E-state index contributed by atoms with van der Waals surface area (Å²) in [6.45, 7) is 8.11. The van der Waals surface area contributed by atoms with Crippen LogP contribution in [-0.2, 0) is 18.9 Å². The molecule has 2 aliphatic carbocycles. The Labute approximate surface area is 281 Å². The fourth-order valence-electron chi connectivity index (χ4n) is 7.44. The summed E-state index contributed by atoms with van der Waals surface area (Å²) in [7, 11) is 0. The maximum atomic E-state index is 13.8. The third-order valence-electron chi connectivity index (χ3n) is 10.1. The smallest absolute Gasteiger partial charge is 0.340 e. The summed E-state index contributed by atoms with van der Waals surface area (Å²) in [5, 5.41) is 0. The lowest BCUT2D eigenvalue weighted by Crippen LogP contribution is -2.50. The van der Waals surface area contributed by atoms with Crippen LogP contribution in [0.3, 0.4) is 0 Å². The quantitative estimate of drug-likeness (QED) is 0.114. The minimum absolute atomic E-state index is 0.0169. The molecule has 0 bridgehead atoms. The molecule has 250 valence electrons. The van der Waals surface area contributed by atoms with Crippen LogP contribution in [0.5, 0.6) is 0 Å².